The van der Waals surface area contributed by atoms with Crippen LogP contribution in [0.5, 0.6) is 0 Å². The van der Waals surface area contributed by atoms with Crippen molar-refractivity contribution < 1.29 is 13.2 Å². The zero-order valence-electron chi connectivity index (χ0n) is 18.8. The van der Waals surface area contributed by atoms with Gasteiger partial charge in [-0.15, -0.1) is 10.2 Å². The first-order valence-corrected chi connectivity index (χ1v) is 10.9. The summed E-state index contributed by atoms with van der Waals surface area (Å²) >= 11 is 0. The van der Waals surface area contributed by atoms with Crippen molar-refractivity contribution in [2.24, 2.45) is 0 Å². The van der Waals surface area contributed by atoms with E-state index in [1.807, 2.05) is 26.8 Å². The number of piperidine rings is 1. The number of nitrogens with one attached hydrogen (secondary N) is 2. The zero-order chi connectivity index (χ0) is 22.8. The minimum absolute atomic E-state index is 0.0209. The molecule has 1 atom stereocenters. The van der Waals surface area contributed by atoms with Gasteiger partial charge in [-0.3, -0.25) is 4.90 Å². The van der Waals surface area contributed by atoms with E-state index in [2.05, 4.69) is 39.6 Å². The van der Waals surface area contributed by atoms with Gasteiger partial charge in [0.1, 0.15) is 0 Å². The molecule has 0 spiro atoms. The van der Waals surface area contributed by atoms with Gasteiger partial charge in [0.2, 0.25) is 0 Å². The summed E-state index contributed by atoms with van der Waals surface area (Å²) in [5.74, 6) is 0.727. The van der Waals surface area contributed by atoms with E-state index in [9.17, 15) is 13.2 Å². The Balaban J connectivity index is 1.85. The highest BCUT2D eigenvalue weighted by Crippen LogP contribution is 2.36. The van der Waals surface area contributed by atoms with Gasteiger partial charge in [-0.05, 0) is 77.8 Å². The van der Waals surface area contributed by atoms with Crippen molar-refractivity contribution in [1.29, 1.82) is 0 Å². The second kappa shape index (κ2) is 9.42. The Hall–Kier alpha value is -2.35. The molecule has 2 aromatic rings. The van der Waals surface area contributed by atoms with Crippen LogP contribution >= 0.6 is 0 Å². The third kappa shape index (κ3) is 5.87. The summed E-state index contributed by atoms with van der Waals surface area (Å²) in [5, 5.41) is 15.3. The lowest BCUT2D eigenvalue weighted by Crippen LogP contribution is -2.45. The SMILES string of the molecule is Cc1cc(-c2ccc(C(F)(F)F)cc2NC(C)C)nnc1N[C@@H]1CCCN(C(C)C)C1. The van der Waals surface area contributed by atoms with Crippen molar-refractivity contribution in [3.05, 3.63) is 35.4 Å². The van der Waals surface area contributed by atoms with Crippen LogP contribution in [-0.4, -0.2) is 46.3 Å². The first kappa shape index (κ1) is 23.3. The molecule has 1 saturated heterocycles. The van der Waals surface area contributed by atoms with E-state index in [0.717, 1.165) is 49.4 Å². The van der Waals surface area contributed by atoms with Crippen LogP contribution in [0.1, 0.15) is 51.7 Å². The summed E-state index contributed by atoms with van der Waals surface area (Å²) in [5.41, 5.74) is 1.79. The number of halogens is 3. The molecule has 0 saturated carbocycles. The van der Waals surface area contributed by atoms with E-state index >= 15 is 0 Å². The smallest absolute Gasteiger partial charge is 0.382 e. The minimum Gasteiger partial charge on any atom is -0.382 e. The third-order valence-electron chi connectivity index (χ3n) is 5.58. The molecule has 2 heterocycles. The molecule has 0 unspecified atom stereocenters. The van der Waals surface area contributed by atoms with Crippen LogP contribution in [0, 0.1) is 6.92 Å². The molecular weight excluding hydrogens is 403 g/mol. The number of alkyl halides is 3. The summed E-state index contributed by atoms with van der Waals surface area (Å²) in [6, 6.07) is 6.36. The number of likely N-dealkylation sites (tertiary alicyclic amines) is 1. The maximum Gasteiger partial charge on any atom is 0.416 e. The molecule has 1 aliphatic heterocycles. The molecule has 1 aromatic carbocycles. The van der Waals surface area contributed by atoms with Gasteiger partial charge in [-0.25, -0.2) is 0 Å². The minimum atomic E-state index is -4.40. The number of benzene rings is 1. The van der Waals surface area contributed by atoms with Gasteiger partial charge in [0, 0.05) is 35.9 Å². The van der Waals surface area contributed by atoms with Gasteiger partial charge in [-0.1, -0.05) is 6.07 Å². The fourth-order valence-corrected chi connectivity index (χ4v) is 3.92. The van der Waals surface area contributed by atoms with E-state index in [1.165, 1.54) is 6.07 Å². The largest absolute Gasteiger partial charge is 0.416 e. The predicted molar refractivity (Wildman–Crippen MR) is 119 cm³/mol. The molecular formula is C23H32F3N5. The Labute approximate surface area is 182 Å². The predicted octanol–water partition coefficient (Wildman–Crippen LogP) is 5.58. The fourth-order valence-electron chi connectivity index (χ4n) is 3.92. The first-order chi connectivity index (χ1) is 14.5. The van der Waals surface area contributed by atoms with Gasteiger partial charge in [0.25, 0.3) is 0 Å². The molecule has 1 fully saturated rings. The molecule has 0 bridgehead atoms. The highest BCUT2D eigenvalue weighted by molar-refractivity contribution is 5.77. The lowest BCUT2D eigenvalue weighted by molar-refractivity contribution is -0.137. The summed E-state index contributed by atoms with van der Waals surface area (Å²) in [7, 11) is 0. The summed E-state index contributed by atoms with van der Waals surface area (Å²) < 4.78 is 39.6. The zero-order valence-corrected chi connectivity index (χ0v) is 18.8. The summed E-state index contributed by atoms with van der Waals surface area (Å²) in [6.45, 7) is 12.2. The van der Waals surface area contributed by atoms with Gasteiger partial charge < -0.3 is 10.6 Å². The van der Waals surface area contributed by atoms with Crippen molar-refractivity contribution in [2.75, 3.05) is 23.7 Å². The molecule has 0 radical (unpaired) electrons. The molecule has 8 heteroatoms. The lowest BCUT2D eigenvalue weighted by Gasteiger charge is -2.36. The Morgan fingerprint density at radius 2 is 1.84 bits per heavy atom. The molecule has 2 N–H and O–H groups in total. The Kier molecular flexibility index (Phi) is 7.09. The molecule has 170 valence electrons. The van der Waals surface area contributed by atoms with Crippen molar-refractivity contribution in [3.8, 4) is 11.3 Å². The van der Waals surface area contributed by atoms with Crippen LogP contribution in [0.4, 0.5) is 24.7 Å². The molecule has 5 nitrogen and oxygen atoms in total. The van der Waals surface area contributed by atoms with Gasteiger partial charge in [0.05, 0.1) is 11.3 Å². The second-order valence-electron chi connectivity index (χ2n) is 8.89. The molecule has 0 aliphatic carbocycles. The van der Waals surface area contributed by atoms with Gasteiger partial charge in [0.15, 0.2) is 5.82 Å². The van der Waals surface area contributed by atoms with Crippen LogP contribution in [0.25, 0.3) is 11.3 Å². The fraction of sp³-hybridized carbons (Fsp3) is 0.565. The van der Waals surface area contributed by atoms with Gasteiger partial charge in [-0.2, -0.15) is 13.2 Å². The molecule has 31 heavy (non-hydrogen) atoms. The van der Waals surface area contributed by atoms with E-state index < -0.39 is 11.7 Å². The van der Waals surface area contributed by atoms with Crippen molar-refractivity contribution >= 4 is 11.5 Å². The third-order valence-corrected chi connectivity index (χ3v) is 5.58. The van der Waals surface area contributed by atoms with Crippen LogP contribution in [0.2, 0.25) is 0 Å². The normalized spacial score (nSPS) is 17.9. The van der Waals surface area contributed by atoms with E-state index in [1.54, 1.807) is 0 Å². The topological polar surface area (TPSA) is 53.1 Å². The van der Waals surface area contributed by atoms with Crippen LogP contribution in [0.3, 0.4) is 0 Å². The van der Waals surface area contributed by atoms with Crippen molar-refractivity contribution in [1.82, 2.24) is 15.1 Å². The average Bonchev–Trinajstić information content (AvgIpc) is 2.68. The maximum absolute atomic E-state index is 13.2. The molecule has 1 aromatic heterocycles. The van der Waals surface area contributed by atoms with E-state index in [0.29, 0.717) is 29.0 Å². The lowest BCUT2D eigenvalue weighted by atomic mass is 10.0. The average molecular weight is 436 g/mol. The number of hydrogen-bond acceptors (Lipinski definition) is 5. The highest BCUT2D eigenvalue weighted by Gasteiger charge is 2.31. The van der Waals surface area contributed by atoms with Crippen LogP contribution in [-0.2, 0) is 6.18 Å². The number of aryl methyl sites for hydroxylation is 1. The van der Waals surface area contributed by atoms with E-state index in [4.69, 9.17) is 0 Å². The number of hydrogen-bond donors (Lipinski definition) is 2. The van der Waals surface area contributed by atoms with Crippen molar-refractivity contribution in [2.45, 2.75) is 71.8 Å². The Morgan fingerprint density at radius 1 is 1.10 bits per heavy atom. The molecule has 0 amide bonds. The van der Waals surface area contributed by atoms with Crippen molar-refractivity contribution in [3.63, 3.8) is 0 Å². The quantitative estimate of drug-likeness (QED) is 0.621. The number of nitrogens with zero attached hydrogens (tertiary/aromatic N) is 3. The number of rotatable bonds is 6. The van der Waals surface area contributed by atoms with E-state index in [-0.39, 0.29) is 6.04 Å². The first-order valence-electron chi connectivity index (χ1n) is 10.9. The second-order valence-corrected chi connectivity index (χ2v) is 8.89. The highest BCUT2D eigenvalue weighted by atomic mass is 19.4. The van der Waals surface area contributed by atoms with Crippen LogP contribution < -0.4 is 10.6 Å². The van der Waals surface area contributed by atoms with Crippen LogP contribution in [0.15, 0.2) is 24.3 Å². The Morgan fingerprint density at radius 3 is 2.45 bits per heavy atom. The standard InChI is InChI=1S/C23H32F3N5/c1-14(2)27-20-12-17(23(24,25)26)8-9-19(20)21-11-16(5)22(30-29-21)28-18-7-6-10-31(13-18)15(3)4/h8-9,11-12,14-15,18,27H,6-7,10,13H2,1-5H3,(H,28,30)/t18-/m1/s1. The number of anilines is 2. The molecule has 3 rings (SSSR count). The number of aromatic nitrogens is 2. The summed E-state index contributed by atoms with van der Waals surface area (Å²) in [4.78, 5) is 2.45. The molecule has 1 aliphatic rings. The Bertz CT molecular complexity index is 895. The maximum atomic E-state index is 13.2. The summed E-state index contributed by atoms with van der Waals surface area (Å²) in [6.07, 6.45) is -2.19. The van der Waals surface area contributed by atoms with Gasteiger partial charge >= 0.3 is 6.18 Å². The monoisotopic (exact) mass is 435 g/mol.